The van der Waals surface area contributed by atoms with Crippen LogP contribution in [0.25, 0.3) is 31.8 Å². The van der Waals surface area contributed by atoms with Crippen LogP contribution in [-0.4, -0.2) is 44.5 Å². The zero-order valence-corrected chi connectivity index (χ0v) is 23.8. The van der Waals surface area contributed by atoms with E-state index in [1.165, 1.54) is 22.7 Å². The number of unbranched alkanes of at least 4 members (excludes halogenated alkanes) is 1. The molecular formula is C30H28N6O2S2. The molecule has 0 aliphatic carbocycles. The number of carbonyl (C=O) groups excluding carboxylic acids is 2. The molecule has 202 valence electrons. The summed E-state index contributed by atoms with van der Waals surface area (Å²) in [7, 11) is 0. The van der Waals surface area contributed by atoms with E-state index in [0.717, 1.165) is 56.0 Å². The summed E-state index contributed by atoms with van der Waals surface area (Å²) in [6.45, 7) is 5.01. The van der Waals surface area contributed by atoms with Gasteiger partial charge in [0.05, 0.1) is 32.5 Å². The van der Waals surface area contributed by atoms with Crippen LogP contribution < -0.4 is 10.6 Å². The van der Waals surface area contributed by atoms with E-state index >= 15 is 0 Å². The van der Waals surface area contributed by atoms with Crippen LogP contribution in [0, 0.1) is 13.8 Å². The van der Waals surface area contributed by atoms with Crippen LogP contribution in [0.5, 0.6) is 0 Å². The molecule has 2 aromatic carbocycles. The minimum absolute atomic E-state index is 0.0858. The number of amides is 2. The average molecular weight is 569 g/mol. The lowest BCUT2D eigenvalue weighted by Crippen LogP contribution is -2.26. The van der Waals surface area contributed by atoms with E-state index in [1.807, 2.05) is 96.0 Å². The van der Waals surface area contributed by atoms with Gasteiger partial charge >= 0.3 is 0 Å². The normalized spacial score (nSPS) is 11.3. The quantitative estimate of drug-likeness (QED) is 0.208. The molecule has 0 aliphatic heterocycles. The van der Waals surface area contributed by atoms with Gasteiger partial charge in [-0.25, -0.2) is 9.36 Å². The van der Waals surface area contributed by atoms with Crippen molar-refractivity contribution >= 4 is 54.9 Å². The standard InChI is InChI=1S/C30H28N6O2S2/c1-19-23-17-25(39-29(23)35(33-19)21-11-5-3-6-12-21)27(37)31-15-9-10-16-32-28(38)26-18-24-20(2)34-36(30(24)40-26)22-13-7-4-8-14-22/h3-8,11-14,17-18H,9-10,15-16H2,1-2H3,(H,31,37)(H,32,38). The first-order valence-electron chi connectivity index (χ1n) is 13.1. The number of aromatic nitrogens is 4. The molecule has 8 nitrogen and oxygen atoms in total. The van der Waals surface area contributed by atoms with Crippen LogP contribution in [-0.2, 0) is 0 Å². The van der Waals surface area contributed by atoms with E-state index < -0.39 is 0 Å². The third kappa shape index (κ3) is 5.03. The second-order valence-corrected chi connectivity index (χ2v) is 11.6. The average Bonchev–Trinajstić information content (AvgIpc) is 3.74. The molecule has 0 aliphatic rings. The topological polar surface area (TPSA) is 93.8 Å². The van der Waals surface area contributed by atoms with Gasteiger partial charge in [0.2, 0.25) is 0 Å². The van der Waals surface area contributed by atoms with Crippen LogP contribution in [0.15, 0.2) is 72.8 Å². The Morgan fingerprint density at radius 2 is 1.07 bits per heavy atom. The Bertz CT molecular complexity index is 1680. The molecule has 40 heavy (non-hydrogen) atoms. The molecule has 4 aromatic heterocycles. The maximum absolute atomic E-state index is 12.8. The first kappa shape index (κ1) is 26.0. The third-order valence-electron chi connectivity index (χ3n) is 6.71. The fourth-order valence-corrected chi connectivity index (χ4v) is 6.83. The summed E-state index contributed by atoms with van der Waals surface area (Å²) in [6.07, 6.45) is 1.53. The second-order valence-electron chi connectivity index (χ2n) is 9.54. The predicted octanol–water partition coefficient (Wildman–Crippen LogP) is 6.04. The van der Waals surface area contributed by atoms with Gasteiger partial charge in [-0.2, -0.15) is 10.2 Å². The molecule has 0 atom stereocenters. The van der Waals surface area contributed by atoms with Gasteiger partial charge in [-0.15, -0.1) is 22.7 Å². The van der Waals surface area contributed by atoms with Crippen LogP contribution in [0.3, 0.4) is 0 Å². The monoisotopic (exact) mass is 568 g/mol. The summed E-state index contributed by atoms with van der Waals surface area (Å²) in [5.74, 6) is -0.172. The Morgan fingerprint density at radius 1 is 0.675 bits per heavy atom. The first-order valence-corrected chi connectivity index (χ1v) is 14.8. The molecule has 0 spiro atoms. The number of rotatable bonds is 9. The van der Waals surface area contributed by atoms with Crippen LogP contribution in [0.4, 0.5) is 0 Å². The number of thiophene rings is 2. The molecule has 0 unspecified atom stereocenters. The molecule has 6 aromatic rings. The molecule has 0 saturated heterocycles. The second kappa shape index (κ2) is 11.1. The Morgan fingerprint density at radius 3 is 1.48 bits per heavy atom. The summed E-state index contributed by atoms with van der Waals surface area (Å²) in [5, 5.41) is 17.3. The van der Waals surface area contributed by atoms with Crippen molar-refractivity contribution in [2.75, 3.05) is 13.1 Å². The van der Waals surface area contributed by atoms with E-state index in [4.69, 9.17) is 0 Å². The van der Waals surface area contributed by atoms with Crippen LogP contribution in [0.1, 0.15) is 43.6 Å². The number of carbonyl (C=O) groups is 2. The lowest BCUT2D eigenvalue weighted by molar-refractivity contribution is 0.0943. The maximum atomic E-state index is 12.8. The van der Waals surface area contributed by atoms with Crippen molar-refractivity contribution in [2.45, 2.75) is 26.7 Å². The molecule has 0 radical (unpaired) electrons. The number of benzene rings is 2. The van der Waals surface area contributed by atoms with Gasteiger partial charge in [0.25, 0.3) is 11.8 Å². The molecular weight excluding hydrogens is 541 g/mol. The molecule has 2 amide bonds. The van der Waals surface area contributed by atoms with E-state index in [9.17, 15) is 9.59 Å². The summed E-state index contributed by atoms with van der Waals surface area (Å²) in [5.41, 5.74) is 3.74. The van der Waals surface area contributed by atoms with Gasteiger partial charge in [0.1, 0.15) is 9.66 Å². The molecule has 4 heterocycles. The first-order chi connectivity index (χ1) is 19.5. The lowest BCUT2D eigenvalue weighted by Gasteiger charge is -2.05. The minimum atomic E-state index is -0.0858. The molecule has 0 fully saturated rings. The summed E-state index contributed by atoms with van der Waals surface area (Å²) in [4.78, 5) is 28.9. The summed E-state index contributed by atoms with van der Waals surface area (Å²) < 4.78 is 3.79. The van der Waals surface area contributed by atoms with Crippen molar-refractivity contribution in [3.8, 4) is 11.4 Å². The van der Waals surface area contributed by atoms with Crippen molar-refractivity contribution in [1.82, 2.24) is 30.2 Å². The van der Waals surface area contributed by atoms with Gasteiger partial charge in [0, 0.05) is 23.9 Å². The van der Waals surface area contributed by atoms with Gasteiger partial charge < -0.3 is 10.6 Å². The van der Waals surface area contributed by atoms with E-state index in [0.29, 0.717) is 22.8 Å². The molecule has 10 heteroatoms. The third-order valence-corrected chi connectivity index (χ3v) is 8.93. The number of aryl methyl sites for hydroxylation is 2. The lowest BCUT2D eigenvalue weighted by atomic mass is 10.2. The molecule has 2 N–H and O–H groups in total. The number of para-hydroxylation sites is 2. The van der Waals surface area contributed by atoms with E-state index in [1.54, 1.807) is 0 Å². The highest BCUT2D eigenvalue weighted by Gasteiger charge is 2.18. The highest BCUT2D eigenvalue weighted by molar-refractivity contribution is 7.20. The number of fused-ring (bicyclic) bond motifs is 2. The Kier molecular flexibility index (Phi) is 7.19. The molecule has 0 bridgehead atoms. The minimum Gasteiger partial charge on any atom is -0.351 e. The zero-order chi connectivity index (χ0) is 27.6. The molecule has 0 saturated carbocycles. The van der Waals surface area contributed by atoms with Gasteiger partial charge in [-0.1, -0.05) is 36.4 Å². The highest BCUT2D eigenvalue weighted by Crippen LogP contribution is 2.31. The smallest absolute Gasteiger partial charge is 0.261 e. The fourth-order valence-electron chi connectivity index (χ4n) is 4.63. The van der Waals surface area contributed by atoms with Gasteiger partial charge in [-0.05, 0) is 63.1 Å². The van der Waals surface area contributed by atoms with Crippen molar-refractivity contribution in [1.29, 1.82) is 0 Å². The van der Waals surface area contributed by atoms with Crippen molar-refractivity contribution in [3.05, 3.63) is 93.9 Å². The highest BCUT2D eigenvalue weighted by atomic mass is 32.1. The zero-order valence-electron chi connectivity index (χ0n) is 22.2. The van der Waals surface area contributed by atoms with Crippen molar-refractivity contribution < 1.29 is 9.59 Å². The van der Waals surface area contributed by atoms with Gasteiger partial charge in [-0.3, -0.25) is 9.59 Å². The van der Waals surface area contributed by atoms with Crippen molar-refractivity contribution in [3.63, 3.8) is 0 Å². The van der Waals surface area contributed by atoms with E-state index in [-0.39, 0.29) is 11.8 Å². The van der Waals surface area contributed by atoms with Crippen molar-refractivity contribution in [2.24, 2.45) is 0 Å². The van der Waals surface area contributed by atoms with Crippen LogP contribution in [0.2, 0.25) is 0 Å². The number of hydrogen-bond donors (Lipinski definition) is 2. The maximum Gasteiger partial charge on any atom is 0.261 e. The fraction of sp³-hybridized carbons (Fsp3) is 0.200. The molecule has 6 rings (SSSR count). The Balaban J connectivity index is 1.00. The van der Waals surface area contributed by atoms with E-state index in [2.05, 4.69) is 20.8 Å². The predicted molar refractivity (Wildman–Crippen MR) is 161 cm³/mol. The summed E-state index contributed by atoms with van der Waals surface area (Å²) in [6, 6.07) is 23.7. The number of hydrogen-bond acceptors (Lipinski definition) is 6. The number of nitrogens with zero attached hydrogens (tertiary/aromatic N) is 4. The van der Waals surface area contributed by atoms with Gasteiger partial charge in [0.15, 0.2) is 0 Å². The Hall–Kier alpha value is -4.28. The SMILES string of the molecule is Cc1nn(-c2ccccc2)c2sc(C(=O)NCCCCNC(=O)c3cc4c(C)nn(-c5ccccc5)c4s3)cc12. The largest absolute Gasteiger partial charge is 0.351 e. The Labute approximate surface area is 239 Å². The summed E-state index contributed by atoms with van der Waals surface area (Å²) >= 11 is 2.89. The van der Waals surface area contributed by atoms with Crippen LogP contribution >= 0.6 is 22.7 Å². The number of nitrogens with one attached hydrogen (secondary N) is 2.